The molecule has 0 unspecified atom stereocenters. The summed E-state index contributed by atoms with van der Waals surface area (Å²) in [6.07, 6.45) is 0.552. The average Bonchev–Trinajstić information content (AvgIpc) is 2.35. The highest BCUT2D eigenvalue weighted by Gasteiger charge is 2.31. The normalized spacial score (nSPS) is 14.9. The molecule has 1 saturated heterocycles. The lowest BCUT2D eigenvalue weighted by Crippen LogP contribution is -2.50. The standard InChI is InChI=1S/C14H16FNO3S/c15-11-1-3-12(4-2-11)20-6-5-13(17)16-8-10(9-16)7-14(18)19/h1-4,10H,5-9H2,(H,18,19). The third kappa shape index (κ3) is 4.23. The summed E-state index contributed by atoms with van der Waals surface area (Å²) in [7, 11) is 0. The second-order valence-electron chi connectivity index (χ2n) is 4.81. The minimum absolute atomic E-state index is 0.0567. The number of likely N-dealkylation sites (tertiary alicyclic amines) is 1. The van der Waals surface area contributed by atoms with Gasteiger partial charge in [-0.1, -0.05) is 0 Å². The van der Waals surface area contributed by atoms with Crippen LogP contribution in [-0.4, -0.2) is 40.7 Å². The van der Waals surface area contributed by atoms with Crippen molar-refractivity contribution >= 4 is 23.6 Å². The number of amides is 1. The topological polar surface area (TPSA) is 57.6 Å². The van der Waals surface area contributed by atoms with Crippen LogP contribution in [0.15, 0.2) is 29.2 Å². The van der Waals surface area contributed by atoms with Crippen molar-refractivity contribution < 1.29 is 19.1 Å². The Morgan fingerprint density at radius 2 is 1.95 bits per heavy atom. The summed E-state index contributed by atoms with van der Waals surface area (Å²) in [4.78, 5) is 24.9. The SMILES string of the molecule is O=C(O)CC1CN(C(=O)CCSc2ccc(F)cc2)C1. The van der Waals surface area contributed by atoms with Gasteiger partial charge in [0.2, 0.25) is 5.91 Å². The molecule has 108 valence electrons. The van der Waals surface area contributed by atoms with Gasteiger partial charge in [-0.3, -0.25) is 9.59 Å². The number of carbonyl (C=O) groups is 2. The number of benzene rings is 1. The van der Waals surface area contributed by atoms with Gasteiger partial charge in [0.05, 0.1) is 6.42 Å². The minimum atomic E-state index is -0.811. The van der Waals surface area contributed by atoms with E-state index in [1.54, 1.807) is 17.0 Å². The van der Waals surface area contributed by atoms with Crippen LogP contribution in [0.4, 0.5) is 4.39 Å². The van der Waals surface area contributed by atoms with Crippen LogP contribution in [0.1, 0.15) is 12.8 Å². The molecule has 20 heavy (non-hydrogen) atoms. The van der Waals surface area contributed by atoms with Crippen LogP contribution in [0.5, 0.6) is 0 Å². The summed E-state index contributed by atoms with van der Waals surface area (Å²) in [5.74, 6) is -0.281. The van der Waals surface area contributed by atoms with Crippen molar-refractivity contribution in [1.82, 2.24) is 4.90 Å². The van der Waals surface area contributed by atoms with E-state index in [9.17, 15) is 14.0 Å². The number of aliphatic carboxylic acids is 1. The van der Waals surface area contributed by atoms with Gasteiger partial charge in [0.15, 0.2) is 0 Å². The largest absolute Gasteiger partial charge is 0.481 e. The summed E-state index contributed by atoms with van der Waals surface area (Å²) in [5, 5.41) is 8.63. The van der Waals surface area contributed by atoms with Crippen LogP contribution >= 0.6 is 11.8 Å². The minimum Gasteiger partial charge on any atom is -0.481 e. The average molecular weight is 297 g/mol. The highest BCUT2D eigenvalue weighted by molar-refractivity contribution is 7.99. The van der Waals surface area contributed by atoms with Crippen molar-refractivity contribution in [1.29, 1.82) is 0 Å². The first-order chi connectivity index (χ1) is 9.54. The van der Waals surface area contributed by atoms with Crippen LogP contribution in [0.25, 0.3) is 0 Å². The molecule has 1 aromatic rings. The lowest BCUT2D eigenvalue weighted by Gasteiger charge is -2.38. The molecule has 0 aromatic heterocycles. The Balaban J connectivity index is 1.64. The Labute approximate surface area is 121 Å². The third-order valence-corrected chi connectivity index (χ3v) is 4.19. The van der Waals surface area contributed by atoms with Gasteiger partial charge in [-0.2, -0.15) is 0 Å². The molecule has 0 bridgehead atoms. The second-order valence-corrected chi connectivity index (χ2v) is 5.98. The van der Waals surface area contributed by atoms with E-state index >= 15 is 0 Å². The van der Waals surface area contributed by atoms with Crippen LogP contribution in [-0.2, 0) is 9.59 Å². The van der Waals surface area contributed by atoms with Crippen LogP contribution in [0.2, 0.25) is 0 Å². The molecule has 1 amide bonds. The number of halogens is 1. The molecule has 0 spiro atoms. The number of carboxylic acids is 1. The van der Waals surface area contributed by atoms with Crippen LogP contribution in [0, 0.1) is 11.7 Å². The first-order valence-electron chi connectivity index (χ1n) is 6.42. The molecule has 1 N–H and O–H groups in total. The van der Waals surface area contributed by atoms with Crippen molar-refractivity contribution in [3.63, 3.8) is 0 Å². The van der Waals surface area contributed by atoms with Crippen molar-refractivity contribution in [2.75, 3.05) is 18.8 Å². The number of thioether (sulfide) groups is 1. The summed E-state index contributed by atoms with van der Waals surface area (Å²) in [6, 6.07) is 6.18. The summed E-state index contributed by atoms with van der Waals surface area (Å²) < 4.78 is 12.7. The lowest BCUT2D eigenvalue weighted by molar-refractivity contribution is -0.144. The van der Waals surface area contributed by atoms with Crippen molar-refractivity contribution in [3.05, 3.63) is 30.1 Å². The molecule has 1 fully saturated rings. The van der Waals surface area contributed by atoms with Gasteiger partial charge in [0.1, 0.15) is 5.82 Å². The molecule has 1 heterocycles. The Hall–Kier alpha value is -1.56. The number of hydrogen-bond acceptors (Lipinski definition) is 3. The zero-order valence-electron chi connectivity index (χ0n) is 10.9. The monoisotopic (exact) mass is 297 g/mol. The molecule has 0 radical (unpaired) electrons. The quantitative estimate of drug-likeness (QED) is 0.818. The highest BCUT2D eigenvalue weighted by Crippen LogP contribution is 2.22. The van der Waals surface area contributed by atoms with E-state index in [0.29, 0.717) is 25.3 Å². The molecule has 4 nitrogen and oxygen atoms in total. The lowest BCUT2D eigenvalue weighted by atomic mass is 9.96. The van der Waals surface area contributed by atoms with Crippen molar-refractivity contribution in [2.24, 2.45) is 5.92 Å². The van der Waals surface area contributed by atoms with E-state index in [1.807, 2.05) is 0 Å². The highest BCUT2D eigenvalue weighted by atomic mass is 32.2. The smallest absolute Gasteiger partial charge is 0.303 e. The van der Waals surface area contributed by atoms with E-state index in [2.05, 4.69) is 0 Å². The Bertz CT molecular complexity index is 486. The fraction of sp³-hybridized carbons (Fsp3) is 0.429. The van der Waals surface area contributed by atoms with Crippen LogP contribution < -0.4 is 0 Å². The zero-order chi connectivity index (χ0) is 14.5. The maximum Gasteiger partial charge on any atom is 0.303 e. The molecule has 0 aliphatic carbocycles. The van der Waals surface area contributed by atoms with Gasteiger partial charge in [-0.15, -0.1) is 11.8 Å². The number of carbonyl (C=O) groups excluding carboxylic acids is 1. The molecule has 1 aromatic carbocycles. The summed E-state index contributed by atoms with van der Waals surface area (Å²) in [5.41, 5.74) is 0. The maximum atomic E-state index is 12.7. The molecular formula is C14H16FNO3S. The number of carboxylic acid groups (broad SMARTS) is 1. The van der Waals surface area contributed by atoms with Gasteiger partial charge in [-0.05, 0) is 24.3 Å². The van der Waals surface area contributed by atoms with Gasteiger partial charge < -0.3 is 10.0 Å². The maximum absolute atomic E-state index is 12.7. The Kier molecular flexibility index (Phi) is 5.00. The van der Waals surface area contributed by atoms with Crippen LogP contribution in [0.3, 0.4) is 0 Å². The molecular weight excluding hydrogens is 281 g/mol. The predicted molar refractivity (Wildman–Crippen MR) is 74.1 cm³/mol. The molecule has 2 rings (SSSR count). The van der Waals surface area contributed by atoms with E-state index < -0.39 is 5.97 Å². The van der Waals surface area contributed by atoms with Gasteiger partial charge in [-0.25, -0.2) is 4.39 Å². The second kappa shape index (κ2) is 6.74. The van der Waals surface area contributed by atoms with Crippen molar-refractivity contribution in [3.8, 4) is 0 Å². The van der Waals surface area contributed by atoms with E-state index in [1.165, 1.54) is 23.9 Å². The Morgan fingerprint density at radius 3 is 2.55 bits per heavy atom. The van der Waals surface area contributed by atoms with E-state index in [-0.39, 0.29) is 24.1 Å². The third-order valence-electron chi connectivity index (χ3n) is 3.17. The van der Waals surface area contributed by atoms with E-state index in [0.717, 1.165) is 4.90 Å². The fourth-order valence-corrected chi connectivity index (χ4v) is 2.94. The number of rotatable bonds is 6. The van der Waals surface area contributed by atoms with Gasteiger partial charge in [0, 0.05) is 36.1 Å². The summed E-state index contributed by atoms with van der Waals surface area (Å²) in [6.45, 7) is 1.10. The summed E-state index contributed by atoms with van der Waals surface area (Å²) >= 11 is 1.51. The zero-order valence-corrected chi connectivity index (χ0v) is 11.7. The molecule has 1 aliphatic heterocycles. The first kappa shape index (κ1) is 14.8. The molecule has 0 atom stereocenters. The number of nitrogens with zero attached hydrogens (tertiary/aromatic N) is 1. The number of hydrogen-bond donors (Lipinski definition) is 1. The van der Waals surface area contributed by atoms with Gasteiger partial charge in [0.25, 0.3) is 0 Å². The van der Waals surface area contributed by atoms with E-state index in [4.69, 9.17) is 5.11 Å². The molecule has 0 saturated carbocycles. The Morgan fingerprint density at radius 1 is 1.30 bits per heavy atom. The molecule has 6 heteroatoms. The first-order valence-corrected chi connectivity index (χ1v) is 7.41. The van der Waals surface area contributed by atoms with Gasteiger partial charge >= 0.3 is 5.97 Å². The predicted octanol–water partition coefficient (Wildman–Crippen LogP) is 2.24. The fourth-order valence-electron chi connectivity index (χ4n) is 2.09. The van der Waals surface area contributed by atoms with Crippen molar-refractivity contribution in [2.45, 2.75) is 17.7 Å². The molecule has 1 aliphatic rings.